The molecule has 1 aromatic carbocycles. The van der Waals surface area contributed by atoms with Crippen LogP contribution in [0.25, 0.3) is 0 Å². The van der Waals surface area contributed by atoms with E-state index >= 15 is 0 Å². The van der Waals surface area contributed by atoms with Crippen molar-refractivity contribution in [2.75, 3.05) is 36.4 Å². The zero-order valence-corrected chi connectivity index (χ0v) is 14.7. The summed E-state index contributed by atoms with van der Waals surface area (Å²) in [5, 5.41) is 38.6. The molecule has 0 saturated carbocycles. The minimum atomic E-state index is 0.153. The standard InChI is InChI=1S/C18H24N6O2/c19-11-13-5-8-22(12-13)7-2-6-20-18-21-24(26)17-10-15-4-1-3-14(15)9-16(17)23(18)25/h9-10,13,25-26H,1-8,12H2,(H,20,21). The lowest BCUT2D eigenvalue weighted by Gasteiger charge is -2.30. The molecule has 1 unspecified atom stereocenters. The van der Waals surface area contributed by atoms with Crippen LogP contribution < -0.4 is 15.6 Å². The summed E-state index contributed by atoms with van der Waals surface area (Å²) < 4.78 is 0. The molecule has 0 radical (unpaired) electrons. The van der Waals surface area contributed by atoms with Crippen molar-refractivity contribution in [3.63, 3.8) is 0 Å². The highest BCUT2D eigenvalue weighted by molar-refractivity contribution is 6.00. The molecule has 1 saturated heterocycles. The number of hydrazone groups is 1. The van der Waals surface area contributed by atoms with E-state index in [9.17, 15) is 10.4 Å². The van der Waals surface area contributed by atoms with Crippen LogP contribution in [0.1, 0.15) is 30.4 Å². The number of hydrogen-bond donors (Lipinski definition) is 3. The summed E-state index contributed by atoms with van der Waals surface area (Å²) in [6, 6.07) is 6.16. The molecular formula is C18H24N6O2. The fourth-order valence-electron chi connectivity index (χ4n) is 3.98. The molecule has 0 amide bonds. The Morgan fingerprint density at radius 3 is 2.73 bits per heavy atom. The van der Waals surface area contributed by atoms with Crippen LogP contribution in [0.3, 0.4) is 0 Å². The molecule has 8 heteroatoms. The number of hydroxylamine groups is 1. The molecule has 1 atom stereocenters. The number of nitriles is 1. The van der Waals surface area contributed by atoms with Crippen LogP contribution in [0.2, 0.25) is 0 Å². The average molecular weight is 356 g/mol. The van der Waals surface area contributed by atoms with Gasteiger partial charge in [-0.25, -0.2) is 0 Å². The number of nitrogens with zero attached hydrogens (tertiary/aromatic N) is 5. The third kappa shape index (κ3) is 3.21. The average Bonchev–Trinajstić information content (AvgIpc) is 3.29. The Labute approximate surface area is 152 Å². The third-order valence-electron chi connectivity index (χ3n) is 5.41. The monoisotopic (exact) mass is 356 g/mol. The first-order valence-corrected chi connectivity index (χ1v) is 9.24. The second-order valence-corrected chi connectivity index (χ2v) is 7.18. The van der Waals surface area contributed by atoms with Gasteiger partial charge in [-0.3, -0.25) is 10.4 Å². The van der Waals surface area contributed by atoms with Crippen molar-refractivity contribution in [1.82, 2.24) is 10.2 Å². The predicted octanol–water partition coefficient (Wildman–Crippen LogP) is 1.68. The normalized spacial score (nSPS) is 22.0. The SMILES string of the molecule is N#CC1CCN(CCCNC2=NN(O)c3cc4c(cc3N2O)CCC4)C1. The van der Waals surface area contributed by atoms with Gasteiger partial charge in [0, 0.05) is 13.1 Å². The lowest BCUT2D eigenvalue weighted by Crippen LogP contribution is -2.45. The first-order valence-electron chi connectivity index (χ1n) is 9.24. The van der Waals surface area contributed by atoms with Crippen LogP contribution in [-0.4, -0.2) is 47.5 Å². The second-order valence-electron chi connectivity index (χ2n) is 7.18. The molecule has 0 spiro atoms. The molecule has 2 aliphatic heterocycles. The highest BCUT2D eigenvalue weighted by Crippen LogP contribution is 2.37. The summed E-state index contributed by atoms with van der Waals surface area (Å²) in [5.74, 6) is 0.369. The van der Waals surface area contributed by atoms with Gasteiger partial charge in [0.2, 0.25) is 5.96 Å². The smallest absolute Gasteiger partial charge is 0.248 e. The molecule has 4 rings (SSSR count). The zero-order valence-electron chi connectivity index (χ0n) is 14.7. The van der Waals surface area contributed by atoms with Gasteiger partial charge in [-0.05, 0) is 68.5 Å². The molecule has 0 aromatic heterocycles. The molecule has 8 nitrogen and oxygen atoms in total. The van der Waals surface area contributed by atoms with Crippen LogP contribution in [0.5, 0.6) is 0 Å². The Morgan fingerprint density at radius 2 is 2.00 bits per heavy atom. The maximum absolute atomic E-state index is 10.5. The maximum Gasteiger partial charge on any atom is 0.248 e. The Kier molecular flexibility index (Phi) is 4.68. The number of fused-ring (bicyclic) bond motifs is 2. The Hall–Kier alpha value is -2.34. The van der Waals surface area contributed by atoms with E-state index in [1.807, 2.05) is 12.1 Å². The number of hydrogen-bond acceptors (Lipinski definition) is 8. The van der Waals surface area contributed by atoms with Gasteiger partial charge in [-0.2, -0.15) is 10.3 Å². The number of rotatable bonds is 4. The van der Waals surface area contributed by atoms with E-state index in [1.54, 1.807) is 0 Å². The highest BCUT2D eigenvalue weighted by atomic mass is 16.5. The minimum absolute atomic E-state index is 0.153. The number of nitrogens with one attached hydrogen (secondary N) is 1. The van der Waals surface area contributed by atoms with E-state index in [0.717, 1.165) is 62.0 Å². The van der Waals surface area contributed by atoms with E-state index in [-0.39, 0.29) is 11.9 Å². The Morgan fingerprint density at radius 1 is 1.23 bits per heavy atom. The fraction of sp³-hybridized carbons (Fsp3) is 0.556. The van der Waals surface area contributed by atoms with Gasteiger partial charge in [0.1, 0.15) is 11.4 Å². The molecular weight excluding hydrogens is 332 g/mol. The molecule has 0 bridgehead atoms. The van der Waals surface area contributed by atoms with Gasteiger partial charge in [-0.15, -0.1) is 10.3 Å². The Bertz CT molecular complexity index is 759. The maximum atomic E-state index is 10.5. The first kappa shape index (κ1) is 17.1. The molecule has 2 heterocycles. The molecule has 3 aliphatic rings. The molecule has 26 heavy (non-hydrogen) atoms. The van der Waals surface area contributed by atoms with E-state index < -0.39 is 0 Å². The van der Waals surface area contributed by atoms with Gasteiger partial charge < -0.3 is 10.2 Å². The van der Waals surface area contributed by atoms with Crippen LogP contribution in [0.15, 0.2) is 17.2 Å². The molecule has 3 N–H and O–H groups in total. The van der Waals surface area contributed by atoms with Crippen molar-refractivity contribution >= 4 is 17.3 Å². The summed E-state index contributed by atoms with van der Waals surface area (Å²) in [6.45, 7) is 3.33. The zero-order chi connectivity index (χ0) is 18.1. The van der Waals surface area contributed by atoms with E-state index in [0.29, 0.717) is 17.9 Å². The highest BCUT2D eigenvalue weighted by Gasteiger charge is 2.28. The lowest BCUT2D eigenvalue weighted by atomic mass is 10.1. The number of anilines is 2. The molecule has 1 aromatic rings. The van der Waals surface area contributed by atoms with Crippen molar-refractivity contribution in [2.24, 2.45) is 11.0 Å². The largest absolute Gasteiger partial charge is 0.353 e. The minimum Gasteiger partial charge on any atom is -0.353 e. The lowest BCUT2D eigenvalue weighted by molar-refractivity contribution is 0.243. The van der Waals surface area contributed by atoms with Gasteiger partial charge in [-0.1, -0.05) is 0 Å². The van der Waals surface area contributed by atoms with Gasteiger partial charge in [0.05, 0.1) is 12.0 Å². The number of likely N-dealkylation sites (tertiary alicyclic amines) is 1. The number of guanidine groups is 1. The van der Waals surface area contributed by atoms with Crippen molar-refractivity contribution in [3.8, 4) is 6.07 Å². The predicted molar refractivity (Wildman–Crippen MR) is 97.2 cm³/mol. The van der Waals surface area contributed by atoms with E-state index in [2.05, 4.69) is 21.4 Å². The molecule has 1 aliphatic carbocycles. The number of benzene rings is 1. The molecule has 138 valence electrons. The van der Waals surface area contributed by atoms with E-state index in [4.69, 9.17) is 5.26 Å². The van der Waals surface area contributed by atoms with Crippen molar-refractivity contribution in [2.45, 2.75) is 32.1 Å². The Balaban J connectivity index is 1.34. The topological polar surface area (TPSA) is 98.4 Å². The summed E-state index contributed by atoms with van der Waals surface area (Å²) in [4.78, 5) is 2.28. The van der Waals surface area contributed by atoms with Crippen LogP contribution in [0, 0.1) is 17.2 Å². The van der Waals surface area contributed by atoms with E-state index in [1.165, 1.54) is 11.1 Å². The first-order chi connectivity index (χ1) is 12.7. The van der Waals surface area contributed by atoms with Crippen molar-refractivity contribution in [3.05, 3.63) is 23.3 Å². The summed E-state index contributed by atoms with van der Waals surface area (Å²) in [5.41, 5.74) is 3.47. The van der Waals surface area contributed by atoms with Crippen molar-refractivity contribution < 1.29 is 10.4 Å². The second kappa shape index (κ2) is 7.11. The summed E-state index contributed by atoms with van der Waals surface area (Å²) >= 11 is 0. The summed E-state index contributed by atoms with van der Waals surface area (Å²) in [6.07, 6.45) is 4.92. The van der Waals surface area contributed by atoms with Crippen LogP contribution >= 0.6 is 0 Å². The van der Waals surface area contributed by atoms with Crippen molar-refractivity contribution in [1.29, 1.82) is 5.26 Å². The van der Waals surface area contributed by atoms with Gasteiger partial charge >= 0.3 is 0 Å². The van der Waals surface area contributed by atoms with Gasteiger partial charge in [0.25, 0.3) is 0 Å². The number of aryl methyl sites for hydroxylation is 2. The quantitative estimate of drug-likeness (QED) is 0.706. The van der Waals surface area contributed by atoms with Crippen LogP contribution in [-0.2, 0) is 12.8 Å². The van der Waals surface area contributed by atoms with Crippen LogP contribution in [0.4, 0.5) is 11.4 Å². The molecule has 1 fully saturated rings. The third-order valence-corrected chi connectivity index (χ3v) is 5.41. The fourth-order valence-corrected chi connectivity index (χ4v) is 3.98. The van der Waals surface area contributed by atoms with Gasteiger partial charge in [0.15, 0.2) is 0 Å². The summed E-state index contributed by atoms with van der Waals surface area (Å²) in [7, 11) is 0.